The molecule has 0 spiro atoms. The first-order valence-electron chi connectivity index (χ1n) is 9.81. The van der Waals surface area contributed by atoms with Gasteiger partial charge in [-0.15, -0.1) is 12.4 Å². The molecule has 2 N–H and O–H groups in total. The summed E-state index contributed by atoms with van der Waals surface area (Å²) in [6.07, 6.45) is 0.616. The van der Waals surface area contributed by atoms with E-state index in [0.717, 1.165) is 46.1 Å². The summed E-state index contributed by atoms with van der Waals surface area (Å²) in [5.41, 5.74) is 2.05. The largest absolute Gasteiger partial charge is 0.508 e. The Morgan fingerprint density at radius 2 is 1.41 bits per heavy atom. The van der Waals surface area contributed by atoms with Gasteiger partial charge in [0.25, 0.3) is 0 Å². The minimum Gasteiger partial charge on any atom is -0.508 e. The van der Waals surface area contributed by atoms with Crippen molar-refractivity contribution in [2.24, 2.45) is 0 Å². The van der Waals surface area contributed by atoms with Crippen molar-refractivity contribution in [3.63, 3.8) is 0 Å². The van der Waals surface area contributed by atoms with Crippen LogP contribution in [0, 0.1) is 0 Å². The number of phenols is 1. The monoisotopic (exact) mass is 407 g/mol. The number of aromatic hydroxyl groups is 1. The van der Waals surface area contributed by atoms with Crippen LogP contribution >= 0.6 is 12.4 Å². The SMILES string of the molecule is CCNCCOc1ccc2ccccc2c1Cc1c(O)ccc2ccccc12.Cl. The Balaban J connectivity index is 0.00000240. The molecule has 4 heteroatoms. The fraction of sp³-hybridized carbons (Fsp3) is 0.200. The molecule has 0 atom stereocenters. The van der Waals surface area contributed by atoms with Gasteiger partial charge in [-0.1, -0.05) is 67.6 Å². The average Bonchev–Trinajstić information content (AvgIpc) is 2.74. The molecule has 3 nitrogen and oxygen atoms in total. The molecule has 0 aliphatic carbocycles. The van der Waals surface area contributed by atoms with Crippen LogP contribution in [0.25, 0.3) is 21.5 Å². The zero-order valence-corrected chi connectivity index (χ0v) is 17.3. The Bertz CT molecular complexity index is 1110. The summed E-state index contributed by atoms with van der Waals surface area (Å²) in [7, 11) is 0. The van der Waals surface area contributed by atoms with Gasteiger partial charge in [-0.25, -0.2) is 0 Å². The third kappa shape index (κ3) is 4.47. The molecule has 4 aromatic rings. The Labute approximate surface area is 177 Å². The fourth-order valence-corrected chi connectivity index (χ4v) is 3.73. The molecule has 0 bridgehead atoms. The Morgan fingerprint density at radius 1 is 0.793 bits per heavy atom. The van der Waals surface area contributed by atoms with Gasteiger partial charge in [0.1, 0.15) is 18.1 Å². The number of nitrogens with one attached hydrogen (secondary N) is 1. The number of halogens is 1. The van der Waals surface area contributed by atoms with E-state index in [0.29, 0.717) is 18.8 Å². The maximum Gasteiger partial charge on any atom is 0.123 e. The number of phenolic OH excluding ortho intramolecular Hbond substituents is 1. The quantitative estimate of drug-likeness (QED) is 0.386. The minimum absolute atomic E-state index is 0. The molecule has 0 aromatic heterocycles. The van der Waals surface area contributed by atoms with Crippen molar-refractivity contribution < 1.29 is 9.84 Å². The predicted octanol–water partition coefficient (Wildman–Crippen LogP) is 5.70. The lowest BCUT2D eigenvalue weighted by Gasteiger charge is -2.16. The summed E-state index contributed by atoms with van der Waals surface area (Å²) < 4.78 is 6.13. The second-order valence-electron chi connectivity index (χ2n) is 6.93. The Hall–Kier alpha value is -2.75. The van der Waals surface area contributed by atoms with E-state index in [1.54, 1.807) is 6.07 Å². The number of likely N-dealkylation sites (N-methyl/N-ethyl adjacent to an activating group) is 1. The normalized spacial score (nSPS) is 10.8. The van der Waals surface area contributed by atoms with E-state index in [2.05, 4.69) is 48.6 Å². The summed E-state index contributed by atoms with van der Waals surface area (Å²) >= 11 is 0. The van der Waals surface area contributed by atoms with E-state index in [1.807, 2.05) is 30.3 Å². The number of hydrogen-bond acceptors (Lipinski definition) is 3. The predicted molar refractivity (Wildman–Crippen MR) is 124 cm³/mol. The first-order chi connectivity index (χ1) is 13.8. The van der Waals surface area contributed by atoms with Gasteiger partial charge in [0.15, 0.2) is 0 Å². The maximum absolute atomic E-state index is 10.6. The van der Waals surface area contributed by atoms with Crippen LogP contribution in [0.2, 0.25) is 0 Å². The van der Waals surface area contributed by atoms with Gasteiger partial charge in [0.05, 0.1) is 0 Å². The standard InChI is InChI=1S/C25H25NO2.ClH/c1-2-26-15-16-28-25-14-12-19-8-4-6-10-21(19)23(25)17-22-20-9-5-3-7-18(20)11-13-24(22)27;/h3-14,26-27H,2,15-17H2,1H3;1H. The molecule has 0 unspecified atom stereocenters. The lowest BCUT2D eigenvalue weighted by atomic mass is 9.93. The van der Waals surface area contributed by atoms with E-state index >= 15 is 0 Å². The maximum atomic E-state index is 10.6. The molecule has 150 valence electrons. The Morgan fingerprint density at radius 3 is 2.10 bits per heavy atom. The molecule has 0 aliphatic heterocycles. The molecular weight excluding hydrogens is 382 g/mol. The third-order valence-electron chi connectivity index (χ3n) is 5.15. The summed E-state index contributed by atoms with van der Waals surface area (Å²) in [4.78, 5) is 0. The van der Waals surface area contributed by atoms with Crippen molar-refractivity contribution in [2.75, 3.05) is 19.7 Å². The van der Waals surface area contributed by atoms with Crippen LogP contribution in [0.4, 0.5) is 0 Å². The van der Waals surface area contributed by atoms with Gasteiger partial charge < -0.3 is 15.2 Å². The first-order valence-corrected chi connectivity index (χ1v) is 9.81. The van der Waals surface area contributed by atoms with Gasteiger partial charge in [0.2, 0.25) is 0 Å². The first kappa shape index (κ1) is 21.0. The van der Waals surface area contributed by atoms with Gasteiger partial charge in [-0.3, -0.25) is 0 Å². The smallest absolute Gasteiger partial charge is 0.123 e. The van der Waals surface area contributed by atoms with Crippen LogP contribution in [-0.2, 0) is 6.42 Å². The van der Waals surface area contributed by atoms with Crippen LogP contribution in [0.5, 0.6) is 11.5 Å². The van der Waals surface area contributed by atoms with Gasteiger partial charge in [-0.05, 0) is 40.2 Å². The summed E-state index contributed by atoms with van der Waals surface area (Å²) in [6.45, 7) is 4.44. The second kappa shape index (κ2) is 9.64. The molecule has 0 fully saturated rings. The topological polar surface area (TPSA) is 41.5 Å². The van der Waals surface area contributed by atoms with E-state index in [-0.39, 0.29) is 12.4 Å². The zero-order chi connectivity index (χ0) is 19.3. The molecule has 0 saturated heterocycles. The third-order valence-corrected chi connectivity index (χ3v) is 5.15. The summed E-state index contributed by atoms with van der Waals surface area (Å²) in [6, 6.07) is 24.4. The number of fused-ring (bicyclic) bond motifs is 2. The van der Waals surface area contributed by atoms with Gasteiger partial charge >= 0.3 is 0 Å². The molecular formula is C25H26ClNO2. The highest BCUT2D eigenvalue weighted by Gasteiger charge is 2.14. The summed E-state index contributed by atoms with van der Waals surface area (Å²) in [5, 5.41) is 18.5. The van der Waals surface area contributed by atoms with Crippen LogP contribution < -0.4 is 10.1 Å². The van der Waals surface area contributed by atoms with Crippen LogP contribution in [0.3, 0.4) is 0 Å². The molecule has 4 aromatic carbocycles. The number of ether oxygens (including phenoxy) is 1. The number of benzene rings is 4. The fourth-order valence-electron chi connectivity index (χ4n) is 3.73. The molecule has 0 heterocycles. The van der Waals surface area contributed by atoms with Gasteiger partial charge in [-0.2, -0.15) is 0 Å². The molecule has 4 rings (SSSR count). The van der Waals surface area contributed by atoms with Gasteiger partial charge in [0, 0.05) is 24.1 Å². The number of hydrogen-bond donors (Lipinski definition) is 2. The summed E-state index contributed by atoms with van der Waals surface area (Å²) in [5.74, 6) is 1.20. The van der Waals surface area contributed by atoms with Crippen molar-refractivity contribution in [3.05, 3.63) is 83.9 Å². The Kier molecular flexibility index (Phi) is 6.97. The average molecular weight is 408 g/mol. The highest BCUT2D eigenvalue weighted by molar-refractivity contribution is 5.91. The highest BCUT2D eigenvalue weighted by atomic mass is 35.5. The van der Waals surface area contributed by atoms with Crippen LogP contribution in [0.1, 0.15) is 18.1 Å². The molecule has 0 amide bonds. The van der Waals surface area contributed by atoms with Crippen molar-refractivity contribution >= 4 is 34.0 Å². The highest BCUT2D eigenvalue weighted by Crippen LogP contribution is 2.35. The molecule has 29 heavy (non-hydrogen) atoms. The zero-order valence-electron chi connectivity index (χ0n) is 16.5. The van der Waals surface area contributed by atoms with Crippen LogP contribution in [0.15, 0.2) is 72.8 Å². The van der Waals surface area contributed by atoms with E-state index in [4.69, 9.17) is 4.74 Å². The molecule has 0 aliphatic rings. The van der Waals surface area contributed by atoms with Crippen molar-refractivity contribution in [1.29, 1.82) is 0 Å². The van der Waals surface area contributed by atoms with E-state index in [1.165, 1.54) is 5.39 Å². The van der Waals surface area contributed by atoms with E-state index in [9.17, 15) is 5.11 Å². The lowest BCUT2D eigenvalue weighted by molar-refractivity contribution is 0.313. The minimum atomic E-state index is 0. The molecule has 0 saturated carbocycles. The van der Waals surface area contributed by atoms with Crippen molar-refractivity contribution in [3.8, 4) is 11.5 Å². The van der Waals surface area contributed by atoms with Crippen molar-refractivity contribution in [1.82, 2.24) is 5.32 Å². The van der Waals surface area contributed by atoms with Crippen LogP contribution in [-0.4, -0.2) is 24.8 Å². The second-order valence-corrected chi connectivity index (χ2v) is 6.93. The van der Waals surface area contributed by atoms with E-state index < -0.39 is 0 Å². The number of rotatable bonds is 7. The lowest BCUT2D eigenvalue weighted by Crippen LogP contribution is -2.20. The molecule has 0 radical (unpaired) electrons. The van der Waals surface area contributed by atoms with Crippen molar-refractivity contribution in [2.45, 2.75) is 13.3 Å².